The molecule has 6 nitrogen and oxygen atoms in total. The SMILES string of the molecule is CCCCCCCSCCCCCCC=CC(C(=O)N1C(=S)OC(c2ccccc2)(c2ccccc2)C1C(C)C)C(O)(CCF)C(=O)O. The third-order valence-electron chi connectivity index (χ3n) is 9.17. The largest absolute Gasteiger partial charge is 0.479 e. The third kappa shape index (κ3) is 9.91. The summed E-state index contributed by atoms with van der Waals surface area (Å²) in [4.78, 5) is 28.4. The van der Waals surface area contributed by atoms with E-state index in [1.54, 1.807) is 6.08 Å². The zero-order valence-electron chi connectivity index (χ0n) is 28.8. The molecule has 0 saturated carbocycles. The van der Waals surface area contributed by atoms with E-state index in [9.17, 15) is 24.2 Å². The Hall–Kier alpha value is -2.75. The van der Waals surface area contributed by atoms with Gasteiger partial charge in [-0.05, 0) is 55.3 Å². The molecule has 3 unspecified atom stereocenters. The molecule has 1 fully saturated rings. The normalized spacial score (nSPS) is 17.8. The number of ether oxygens (including phenoxy) is 1. The van der Waals surface area contributed by atoms with Crippen LogP contribution in [0.25, 0.3) is 0 Å². The first kappa shape index (κ1) is 39.7. The van der Waals surface area contributed by atoms with Crippen molar-refractivity contribution in [2.75, 3.05) is 18.2 Å². The van der Waals surface area contributed by atoms with Crippen LogP contribution in [0.15, 0.2) is 72.8 Å². The van der Waals surface area contributed by atoms with E-state index in [1.165, 1.54) is 48.8 Å². The Balaban J connectivity index is 1.80. The van der Waals surface area contributed by atoms with Gasteiger partial charge in [0.1, 0.15) is 0 Å². The lowest BCUT2D eigenvalue weighted by molar-refractivity contribution is -0.169. The quantitative estimate of drug-likeness (QED) is 0.0720. The van der Waals surface area contributed by atoms with Crippen molar-refractivity contribution in [2.45, 2.75) is 109 Å². The van der Waals surface area contributed by atoms with Gasteiger partial charge >= 0.3 is 5.97 Å². The van der Waals surface area contributed by atoms with E-state index >= 15 is 0 Å². The van der Waals surface area contributed by atoms with Gasteiger partial charge in [-0.2, -0.15) is 11.8 Å². The van der Waals surface area contributed by atoms with Gasteiger partial charge in [-0.25, -0.2) is 4.79 Å². The Bertz CT molecular complexity index is 1270. The standard InChI is InChI=1S/C39H54FNO5S2/c1-4-5-6-10-19-28-48-29-20-11-8-7-9-18-25-33(38(45,26-27-40)36(43)44)35(42)41-34(30(2)3)39(46-37(41)47,31-21-14-12-15-22-31)32-23-16-13-17-24-32/h12-18,21-25,30,33-34,45H,4-11,19-20,26-29H2,1-3H3,(H,43,44). The van der Waals surface area contributed by atoms with E-state index in [2.05, 4.69) is 6.92 Å². The summed E-state index contributed by atoms with van der Waals surface area (Å²) in [5.74, 6) is -1.81. The highest BCUT2D eigenvalue weighted by atomic mass is 32.2. The summed E-state index contributed by atoms with van der Waals surface area (Å²) in [5, 5.41) is 21.5. The minimum atomic E-state index is -2.67. The lowest BCUT2D eigenvalue weighted by Crippen LogP contribution is -2.57. The van der Waals surface area contributed by atoms with Gasteiger partial charge in [-0.15, -0.1) is 0 Å². The summed E-state index contributed by atoms with van der Waals surface area (Å²) < 4.78 is 20.3. The van der Waals surface area contributed by atoms with Crippen molar-refractivity contribution in [1.82, 2.24) is 4.90 Å². The second-order valence-electron chi connectivity index (χ2n) is 13.0. The topological polar surface area (TPSA) is 87.1 Å². The van der Waals surface area contributed by atoms with Gasteiger partial charge in [0.25, 0.3) is 5.17 Å². The first-order valence-corrected chi connectivity index (χ1v) is 19.1. The van der Waals surface area contributed by atoms with Gasteiger partial charge in [0, 0.05) is 17.5 Å². The van der Waals surface area contributed by atoms with Gasteiger partial charge in [0.2, 0.25) is 5.91 Å². The van der Waals surface area contributed by atoms with Crippen molar-refractivity contribution < 1.29 is 28.9 Å². The summed E-state index contributed by atoms with van der Waals surface area (Å²) >= 11 is 7.75. The number of aliphatic carboxylic acids is 1. The van der Waals surface area contributed by atoms with E-state index in [0.717, 1.165) is 42.6 Å². The van der Waals surface area contributed by atoms with Crippen LogP contribution in [0.4, 0.5) is 4.39 Å². The number of amides is 1. The number of allylic oxidation sites excluding steroid dienone is 1. The lowest BCUT2D eigenvalue weighted by Gasteiger charge is -2.39. The molecule has 48 heavy (non-hydrogen) atoms. The molecular formula is C39H54FNO5S2. The number of thiocarbonyl (C=S) groups is 1. The minimum absolute atomic E-state index is 0.114. The van der Waals surface area contributed by atoms with Gasteiger partial charge < -0.3 is 14.9 Å². The maximum Gasteiger partial charge on any atom is 0.336 e. The summed E-state index contributed by atoms with van der Waals surface area (Å²) in [6.45, 7) is 5.02. The molecule has 0 bridgehead atoms. The highest BCUT2D eigenvalue weighted by molar-refractivity contribution is 7.99. The Kier molecular flexibility index (Phi) is 16.6. The molecule has 2 aromatic rings. The molecule has 0 aromatic heterocycles. The lowest BCUT2D eigenvalue weighted by atomic mass is 9.75. The number of rotatable bonds is 22. The van der Waals surface area contributed by atoms with Crippen LogP contribution in [0, 0.1) is 11.8 Å². The van der Waals surface area contributed by atoms with Crippen molar-refractivity contribution >= 4 is 41.0 Å². The average molecular weight is 700 g/mol. The van der Waals surface area contributed by atoms with Crippen molar-refractivity contribution in [3.63, 3.8) is 0 Å². The molecule has 1 aliphatic heterocycles. The first-order valence-electron chi connectivity index (χ1n) is 17.6. The van der Waals surface area contributed by atoms with Crippen molar-refractivity contribution in [3.05, 3.63) is 83.9 Å². The zero-order chi connectivity index (χ0) is 35.0. The Morgan fingerprint density at radius 1 is 0.958 bits per heavy atom. The molecular weight excluding hydrogens is 646 g/mol. The smallest absolute Gasteiger partial charge is 0.336 e. The fraction of sp³-hybridized carbons (Fsp3) is 0.564. The maximum atomic E-state index is 14.6. The monoisotopic (exact) mass is 699 g/mol. The third-order valence-corrected chi connectivity index (χ3v) is 10.6. The number of carbonyl (C=O) groups is 2. The highest BCUT2D eigenvalue weighted by Gasteiger charge is 2.60. The van der Waals surface area contributed by atoms with Gasteiger partial charge in [0.05, 0.1) is 18.6 Å². The van der Waals surface area contributed by atoms with E-state index in [4.69, 9.17) is 17.0 Å². The number of halogens is 1. The first-order chi connectivity index (χ1) is 23.1. The van der Waals surface area contributed by atoms with Crippen molar-refractivity contribution in [3.8, 4) is 0 Å². The number of alkyl halides is 1. The predicted octanol–water partition coefficient (Wildman–Crippen LogP) is 9.10. The molecule has 9 heteroatoms. The molecule has 1 heterocycles. The van der Waals surface area contributed by atoms with Crippen LogP contribution in [0.5, 0.6) is 0 Å². The van der Waals surface area contributed by atoms with Crippen molar-refractivity contribution in [2.24, 2.45) is 11.8 Å². The van der Waals surface area contributed by atoms with Crippen molar-refractivity contribution in [1.29, 1.82) is 0 Å². The molecule has 0 radical (unpaired) electrons. The molecule has 0 spiro atoms. The molecule has 0 aliphatic carbocycles. The van der Waals surface area contributed by atoms with E-state index in [0.29, 0.717) is 6.42 Å². The number of unbranched alkanes of at least 4 members (excludes halogenated alkanes) is 8. The zero-order valence-corrected chi connectivity index (χ0v) is 30.5. The number of hydrogen-bond acceptors (Lipinski definition) is 6. The van der Waals surface area contributed by atoms with Gasteiger partial charge in [-0.1, -0.05) is 132 Å². The maximum absolute atomic E-state index is 14.6. The number of thioether (sulfide) groups is 1. The van der Waals surface area contributed by atoms with E-state index < -0.39 is 48.1 Å². The molecule has 3 atom stereocenters. The van der Waals surface area contributed by atoms with Crippen LogP contribution >= 0.6 is 24.0 Å². The van der Waals surface area contributed by atoms with Crippen LogP contribution in [0.1, 0.15) is 103 Å². The molecule has 2 N–H and O–H groups in total. The molecule has 2 aromatic carbocycles. The fourth-order valence-electron chi connectivity index (χ4n) is 6.63. The Labute approximate surface area is 296 Å². The van der Waals surface area contributed by atoms with Gasteiger partial charge in [0.15, 0.2) is 11.2 Å². The number of carboxylic acid groups (broad SMARTS) is 1. The molecule has 264 valence electrons. The van der Waals surface area contributed by atoms with Crippen LogP contribution in [0.3, 0.4) is 0 Å². The second-order valence-corrected chi connectivity index (χ2v) is 14.6. The summed E-state index contributed by atoms with van der Waals surface area (Å²) in [7, 11) is 0. The predicted molar refractivity (Wildman–Crippen MR) is 198 cm³/mol. The molecule has 1 aliphatic rings. The molecule has 3 rings (SSSR count). The van der Waals surface area contributed by atoms with Crippen LogP contribution < -0.4 is 0 Å². The Morgan fingerprint density at radius 3 is 2.00 bits per heavy atom. The summed E-state index contributed by atoms with van der Waals surface area (Å²) in [6.07, 6.45) is 13.7. The van der Waals surface area contributed by atoms with Gasteiger partial charge in [-0.3, -0.25) is 14.1 Å². The fourth-order valence-corrected chi connectivity index (χ4v) is 7.99. The van der Waals surface area contributed by atoms with E-state index in [1.807, 2.05) is 86.3 Å². The molecule has 1 amide bonds. The number of benzene rings is 2. The number of hydrogen-bond donors (Lipinski definition) is 2. The number of carboxylic acids is 1. The molecule has 1 saturated heterocycles. The van der Waals surface area contributed by atoms with E-state index in [-0.39, 0.29) is 11.1 Å². The van der Waals surface area contributed by atoms with Crippen LogP contribution in [-0.4, -0.2) is 62.0 Å². The summed E-state index contributed by atoms with van der Waals surface area (Å²) in [5.41, 5.74) is -2.30. The average Bonchev–Trinajstić information content (AvgIpc) is 3.41. The second kappa shape index (κ2) is 20.1. The summed E-state index contributed by atoms with van der Waals surface area (Å²) in [6, 6.07) is 18.3. The number of aliphatic hydroxyl groups is 1. The van der Waals surface area contributed by atoms with Crippen LogP contribution in [0.2, 0.25) is 0 Å². The Morgan fingerprint density at radius 2 is 1.50 bits per heavy atom. The van der Waals surface area contributed by atoms with Crippen LogP contribution in [-0.2, 0) is 19.9 Å². The number of nitrogens with zero attached hydrogens (tertiary/aromatic N) is 1. The number of carbonyl (C=O) groups excluding carboxylic acids is 1. The highest BCUT2D eigenvalue weighted by Crippen LogP contribution is 2.48. The minimum Gasteiger partial charge on any atom is -0.479 e.